The zero-order valence-corrected chi connectivity index (χ0v) is 12.5. The van der Waals surface area contributed by atoms with Gasteiger partial charge in [-0.25, -0.2) is 0 Å². The van der Waals surface area contributed by atoms with E-state index in [2.05, 4.69) is 6.92 Å². The first-order chi connectivity index (χ1) is 9.38. The second kappa shape index (κ2) is 5.64. The number of rotatable bonds is 4. The van der Waals surface area contributed by atoms with E-state index in [9.17, 15) is 3.83 Å². The molecule has 2 atom stereocenters. The van der Waals surface area contributed by atoms with Crippen LogP contribution in [0.1, 0.15) is 22.2 Å². The van der Waals surface area contributed by atoms with Gasteiger partial charge in [-0.1, -0.05) is 0 Å². The number of methoxy groups -OCH3 is 1. The summed E-state index contributed by atoms with van der Waals surface area (Å²) < 4.78 is 33.8. The molecular weight excluding hydrogens is 292 g/mol. The summed E-state index contributed by atoms with van der Waals surface area (Å²) in [4.78, 5) is 0. The van der Waals surface area contributed by atoms with E-state index in [1.165, 1.54) is 12.5 Å². The first-order valence-corrected chi connectivity index (χ1v) is 8.31. The van der Waals surface area contributed by atoms with Crippen LogP contribution in [0.15, 0.2) is 30.3 Å². The minimum atomic E-state index is -2.78. The fourth-order valence-corrected chi connectivity index (χ4v) is 3.67. The van der Waals surface area contributed by atoms with Crippen LogP contribution in [0.5, 0.6) is 5.75 Å². The normalized spacial score (nSPS) is 17.7. The predicted octanol–water partition coefficient (Wildman–Crippen LogP) is 3.06. The summed E-state index contributed by atoms with van der Waals surface area (Å²) in [7, 11) is 1.61. The van der Waals surface area contributed by atoms with Gasteiger partial charge in [-0.05, 0) is 0 Å². The Balaban J connectivity index is 2.73. The Morgan fingerprint density at radius 2 is 2.11 bits per heavy atom. The Kier molecular flexibility index (Phi) is 3.36. The second-order valence-corrected chi connectivity index (χ2v) is 6.88. The maximum atomic E-state index is 12.4. The zero-order chi connectivity index (χ0) is 14.9. The molecule has 2 aromatic carbocycles. The summed E-state index contributed by atoms with van der Waals surface area (Å²) in [6, 6.07) is 9.45. The quantitative estimate of drug-likeness (QED) is 0.641. The van der Waals surface area contributed by atoms with E-state index in [-0.39, 0.29) is 0 Å². The van der Waals surface area contributed by atoms with Gasteiger partial charge in [0.1, 0.15) is 0 Å². The molecule has 0 bridgehead atoms. The number of fused-ring (bicyclic) bond motifs is 1. The summed E-state index contributed by atoms with van der Waals surface area (Å²) in [5, 5.41) is 0.0516. The van der Waals surface area contributed by atoms with Gasteiger partial charge in [0.05, 0.1) is 0 Å². The van der Waals surface area contributed by atoms with Crippen LogP contribution in [0.25, 0.3) is 10.8 Å². The summed E-state index contributed by atoms with van der Waals surface area (Å²) in [6.07, 6.45) is 0.912. The van der Waals surface area contributed by atoms with E-state index in [0.29, 0.717) is 4.46 Å². The number of hydrogen-bond donors (Lipinski definition) is 0. The first kappa shape index (κ1) is 10.7. The molecule has 0 amide bonds. The van der Waals surface area contributed by atoms with E-state index in [1.54, 1.807) is 19.2 Å². The standard InChI is InChI=1S/C15H18O2Se/c1-4-11-6-7-12-13(10-11)14(17-3)8-9-15(12)18(16)5-2/h6-10H,4-5H2,1-3H3/i5+1DH. The van der Waals surface area contributed by atoms with E-state index < -0.39 is 19.1 Å². The van der Waals surface area contributed by atoms with Gasteiger partial charge >= 0.3 is 115 Å². The Hall–Kier alpha value is -1.18. The molecule has 0 N–H and O–H groups in total. The van der Waals surface area contributed by atoms with Crippen molar-refractivity contribution in [3.63, 3.8) is 0 Å². The monoisotopic (exact) mass is 312 g/mol. The average molecular weight is 311 g/mol. The van der Waals surface area contributed by atoms with E-state index in [1.807, 2.05) is 18.2 Å². The van der Waals surface area contributed by atoms with Gasteiger partial charge in [-0.3, -0.25) is 0 Å². The van der Waals surface area contributed by atoms with Crippen molar-refractivity contribution < 1.29 is 11.3 Å². The molecule has 0 aromatic heterocycles. The molecule has 0 saturated carbocycles. The summed E-state index contributed by atoms with van der Waals surface area (Å²) in [6.45, 7) is 3.45. The van der Waals surface area contributed by atoms with Crippen LogP contribution >= 0.6 is 0 Å². The molecule has 0 aliphatic carbocycles. The molecule has 2 rings (SSSR count). The molecular formula is C15H18O2Se. The number of hydrogen-bond acceptors (Lipinski definition) is 2. The first-order valence-electron chi connectivity index (χ1n) is 6.90. The number of ether oxygens (including phenoxy) is 1. The third kappa shape index (κ3) is 2.33. The molecule has 2 nitrogen and oxygen atoms in total. The van der Waals surface area contributed by atoms with Crippen molar-refractivity contribution in [2.24, 2.45) is 0 Å². The molecule has 3 heteroatoms. The van der Waals surface area contributed by atoms with Crippen LogP contribution in [0.4, 0.5) is 0 Å². The van der Waals surface area contributed by atoms with Crippen LogP contribution < -0.4 is 9.20 Å². The van der Waals surface area contributed by atoms with E-state index in [0.717, 1.165) is 22.9 Å². The van der Waals surface area contributed by atoms with Gasteiger partial charge in [-0.2, -0.15) is 0 Å². The van der Waals surface area contributed by atoms with Gasteiger partial charge in [0.15, 0.2) is 0 Å². The van der Waals surface area contributed by atoms with Crippen LogP contribution in [0, 0.1) is 0 Å². The minimum absolute atomic E-state index is 0.607. The molecule has 0 spiro atoms. The molecule has 0 aliphatic heterocycles. The van der Waals surface area contributed by atoms with Gasteiger partial charge < -0.3 is 0 Å². The van der Waals surface area contributed by atoms with E-state index in [4.69, 9.17) is 7.48 Å². The van der Waals surface area contributed by atoms with Crippen molar-refractivity contribution in [3.8, 4) is 5.75 Å². The van der Waals surface area contributed by atoms with Crippen LogP contribution in [0.2, 0.25) is 5.27 Å². The molecule has 0 radical (unpaired) electrons. The molecule has 0 heterocycles. The Morgan fingerprint density at radius 1 is 1.33 bits per heavy atom. The van der Waals surface area contributed by atoms with Crippen molar-refractivity contribution in [1.29, 1.82) is 0 Å². The maximum absolute atomic E-state index is 12.4. The third-order valence-corrected chi connectivity index (χ3v) is 5.38. The van der Waals surface area contributed by atoms with Crippen molar-refractivity contribution in [1.82, 2.24) is 0 Å². The predicted molar refractivity (Wildman–Crippen MR) is 76.4 cm³/mol. The van der Waals surface area contributed by atoms with Gasteiger partial charge in [-0.15, -0.1) is 0 Å². The van der Waals surface area contributed by atoms with Crippen LogP contribution in [-0.2, 0) is 10.3 Å². The van der Waals surface area contributed by atoms with Gasteiger partial charge in [0.25, 0.3) is 0 Å². The van der Waals surface area contributed by atoms with Gasteiger partial charge in [0, 0.05) is 0 Å². The van der Waals surface area contributed by atoms with Crippen molar-refractivity contribution in [2.75, 3.05) is 7.11 Å². The summed E-state index contributed by atoms with van der Waals surface area (Å²) in [5.74, 6) is 0.731. The fourth-order valence-electron chi connectivity index (χ4n) is 2.01. The number of aryl methyl sites for hydroxylation is 1. The van der Waals surface area contributed by atoms with Crippen molar-refractivity contribution >= 4 is 29.1 Å². The van der Waals surface area contributed by atoms with Crippen LogP contribution in [-0.4, -0.2) is 20.9 Å². The van der Waals surface area contributed by atoms with E-state index >= 15 is 0 Å². The average Bonchev–Trinajstić information content (AvgIpc) is 2.43. The SMILES string of the molecule is [1H][13C]([2H])(C)[Se](=O)c1ccc(OC)c2cc(CC)ccc12. The Morgan fingerprint density at radius 3 is 2.72 bits per heavy atom. The van der Waals surface area contributed by atoms with Crippen molar-refractivity contribution in [3.05, 3.63) is 35.9 Å². The molecule has 2 unspecified atom stereocenters. The van der Waals surface area contributed by atoms with Gasteiger partial charge in [0.2, 0.25) is 0 Å². The third-order valence-electron chi connectivity index (χ3n) is 3.01. The topological polar surface area (TPSA) is 26.3 Å². The molecule has 0 saturated heterocycles. The molecule has 2 aromatic rings. The Bertz CT molecular complexity index is 663. The molecule has 96 valence electrons. The molecule has 0 fully saturated rings. The molecule has 0 aliphatic rings. The molecule has 18 heavy (non-hydrogen) atoms. The number of benzene rings is 2. The fraction of sp³-hybridized carbons (Fsp3) is 0.333. The Labute approximate surface area is 115 Å². The zero-order valence-electron chi connectivity index (χ0n) is 12.8. The summed E-state index contributed by atoms with van der Waals surface area (Å²) in [5.41, 5.74) is 1.18. The second-order valence-electron chi connectivity index (χ2n) is 3.97. The van der Waals surface area contributed by atoms with Crippen LogP contribution in [0.3, 0.4) is 0 Å². The summed E-state index contributed by atoms with van der Waals surface area (Å²) >= 11 is -2.78. The van der Waals surface area contributed by atoms with Crippen molar-refractivity contribution in [2.45, 2.75) is 25.5 Å².